The Morgan fingerprint density at radius 3 is 2.53 bits per heavy atom. The summed E-state index contributed by atoms with van der Waals surface area (Å²) in [5.41, 5.74) is 1.38. The van der Waals surface area contributed by atoms with E-state index < -0.39 is 0 Å². The molecule has 1 atom stereocenters. The molecule has 0 saturated heterocycles. The molecule has 1 saturated carbocycles. The lowest BCUT2D eigenvalue weighted by molar-refractivity contribution is -0.0609. The third kappa shape index (κ3) is 3.54. The first-order chi connectivity index (χ1) is 9.30. The second-order valence-electron chi connectivity index (χ2n) is 5.37. The lowest BCUT2D eigenvalue weighted by Gasteiger charge is -2.38. The van der Waals surface area contributed by atoms with Crippen molar-refractivity contribution in [3.8, 4) is 0 Å². The van der Waals surface area contributed by atoms with Gasteiger partial charge < -0.3 is 10.1 Å². The Labute approximate surface area is 116 Å². The molecular weight excluding hydrogens is 236 g/mol. The van der Waals surface area contributed by atoms with Crippen LogP contribution in [0.15, 0.2) is 24.5 Å². The summed E-state index contributed by atoms with van der Waals surface area (Å²) >= 11 is 0. The van der Waals surface area contributed by atoms with Crippen LogP contribution in [0.3, 0.4) is 0 Å². The van der Waals surface area contributed by atoms with Crippen molar-refractivity contribution in [1.82, 2.24) is 10.3 Å². The van der Waals surface area contributed by atoms with E-state index in [0.717, 1.165) is 19.6 Å². The van der Waals surface area contributed by atoms with Gasteiger partial charge in [0.15, 0.2) is 0 Å². The number of pyridine rings is 1. The molecule has 3 nitrogen and oxygen atoms in total. The zero-order valence-electron chi connectivity index (χ0n) is 12.2. The van der Waals surface area contributed by atoms with Crippen molar-refractivity contribution >= 4 is 0 Å². The molecule has 0 amide bonds. The molecule has 1 heterocycles. The second kappa shape index (κ2) is 7.01. The Bertz CT molecular complexity index is 360. The lowest BCUT2D eigenvalue weighted by atomic mass is 9.87. The molecule has 0 aromatic carbocycles. The number of hydrogen-bond donors (Lipinski definition) is 1. The van der Waals surface area contributed by atoms with Crippen LogP contribution < -0.4 is 5.32 Å². The van der Waals surface area contributed by atoms with Gasteiger partial charge in [0, 0.05) is 25.0 Å². The zero-order chi connectivity index (χ0) is 13.6. The minimum Gasteiger partial charge on any atom is -0.374 e. The molecule has 1 aliphatic rings. The van der Waals surface area contributed by atoms with Crippen molar-refractivity contribution in [2.24, 2.45) is 0 Å². The predicted molar refractivity (Wildman–Crippen MR) is 78.2 cm³/mol. The van der Waals surface area contributed by atoms with Crippen molar-refractivity contribution in [2.45, 2.75) is 57.6 Å². The summed E-state index contributed by atoms with van der Waals surface area (Å²) < 4.78 is 6.20. The number of ether oxygens (including phenoxy) is 1. The molecule has 19 heavy (non-hydrogen) atoms. The topological polar surface area (TPSA) is 34.2 Å². The van der Waals surface area contributed by atoms with Gasteiger partial charge in [0.1, 0.15) is 0 Å². The normalized spacial score (nSPS) is 19.5. The minimum absolute atomic E-state index is 0.0357. The van der Waals surface area contributed by atoms with E-state index in [2.05, 4.69) is 36.3 Å². The first-order valence-corrected chi connectivity index (χ1v) is 7.57. The molecule has 2 rings (SSSR count). The van der Waals surface area contributed by atoms with Gasteiger partial charge in [-0.05, 0) is 50.4 Å². The predicted octanol–water partition coefficient (Wildman–Crippen LogP) is 2.95. The van der Waals surface area contributed by atoms with Crippen LogP contribution in [0.4, 0.5) is 0 Å². The van der Waals surface area contributed by atoms with Gasteiger partial charge in [-0.25, -0.2) is 0 Å². The monoisotopic (exact) mass is 262 g/mol. The van der Waals surface area contributed by atoms with Gasteiger partial charge in [0.2, 0.25) is 0 Å². The maximum absolute atomic E-state index is 6.20. The Kier molecular flexibility index (Phi) is 5.34. The van der Waals surface area contributed by atoms with E-state index in [9.17, 15) is 0 Å². The molecule has 3 heteroatoms. The number of aromatic nitrogens is 1. The number of nitrogens with zero attached hydrogens (tertiary/aromatic N) is 1. The van der Waals surface area contributed by atoms with E-state index in [0.29, 0.717) is 6.04 Å². The average molecular weight is 262 g/mol. The summed E-state index contributed by atoms with van der Waals surface area (Å²) in [6.45, 7) is 6.08. The van der Waals surface area contributed by atoms with Crippen molar-refractivity contribution < 1.29 is 4.74 Å². The first-order valence-electron chi connectivity index (χ1n) is 7.57. The van der Waals surface area contributed by atoms with Crippen LogP contribution in [-0.4, -0.2) is 29.8 Å². The fraction of sp³-hybridized carbons (Fsp3) is 0.688. The smallest absolute Gasteiger partial charge is 0.0837 e. The van der Waals surface area contributed by atoms with Crippen LogP contribution in [0.5, 0.6) is 0 Å². The molecule has 106 valence electrons. The number of rotatable bonds is 7. The molecule has 1 aliphatic carbocycles. The number of nitrogens with one attached hydrogen (secondary N) is 1. The van der Waals surface area contributed by atoms with Crippen molar-refractivity contribution in [1.29, 1.82) is 0 Å². The van der Waals surface area contributed by atoms with E-state index >= 15 is 0 Å². The van der Waals surface area contributed by atoms with Crippen LogP contribution >= 0.6 is 0 Å². The highest BCUT2D eigenvalue weighted by Crippen LogP contribution is 2.37. The van der Waals surface area contributed by atoms with Gasteiger partial charge in [0.05, 0.1) is 5.60 Å². The van der Waals surface area contributed by atoms with Gasteiger partial charge in [-0.2, -0.15) is 0 Å². The minimum atomic E-state index is 0.0357. The molecule has 1 aromatic rings. The molecule has 1 fully saturated rings. The largest absolute Gasteiger partial charge is 0.374 e. The zero-order valence-corrected chi connectivity index (χ0v) is 12.2. The van der Waals surface area contributed by atoms with E-state index in [-0.39, 0.29) is 5.60 Å². The maximum atomic E-state index is 6.20. The van der Waals surface area contributed by atoms with E-state index in [1.165, 1.54) is 31.2 Å². The van der Waals surface area contributed by atoms with Gasteiger partial charge in [-0.15, -0.1) is 0 Å². The Balaban J connectivity index is 2.13. The molecule has 0 aliphatic heterocycles. The molecule has 0 radical (unpaired) electrons. The molecular formula is C16H26N2O. The molecule has 0 spiro atoms. The summed E-state index contributed by atoms with van der Waals surface area (Å²) in [5, 5.41) is 3.65. The fourth-order valence-corrected chi connectivity index (χ4v) is 3.30. The Morgan fingerprint density at radius 2 is 1.95 bits per heavy atom. The molecule has 1 unspecified atom stereocenters. The van der Waals surface area contributed by atoms with Crippen LogP contribution in [0.2, 0.25) is 0 Å². The Morgan fingerprint density at radius 1 is 1.26 bits per heavy atom. The summed E-state index contributed by atoms with van der Waals surface area (Å²) in [4.78, 5) is 4.10. The van der Waals surface area contributed by atoms with Gasteiger partial charge in [-0.3, -0.25) is 4.98 Å². The first kappa shape index (κ1) is 14.5. The number of hydrogen-bond acceptors (Lipinski definition) is 3. The van der Waals surface area contributed by atoms with Crippen molar-refractivity contribution in [2.75, 3.05) is 13.2 Å². The van der Waals surface area contributed by atoms with Crippen LogP contribution in [-0.2, 0) is 11.2 Å². The molecule has 1 N–H and O–H groups in total. The van der Waals surface area contributed by atoms with Gasteiger partial charge in [-0.1, -0.05) is 19.8 Å². The highest BCUT2D eigenvalue weighted by molar-refractivity contribution is 5.14. The van der Waals surface area contributed by atoms with Crippen LogP contribution in [0.25, 0.3) is 0 Å². The van der Waals surface area contributed by atoms with E-state index in [4.69, 9.17) is 4.74 Å². The maximum Gasteiger partial charge on any atom is 0.0837 e. The summed E-state index contributed by atoms with van der Waals surface area (Å²) in [6.07, 6.45) is 9.72. The second-order valence-corrected chi connectivity index (χ2v) is 5.37. The lowest BCUT2D eigenvalue weighted by Crippen LogP contribution is -2.52. The fourth-order valence-electron chi connectivity index (χ4n) is 3.30. The van der Waals surface area contributed by atoms with E-state index in [1.54, 1.807) is 0 Å². The van der Waals surface area contributed by atoms with Gasteiger partial charge >= 0.3 is 0 Å². The third-order valence-corrected chi connectivity index (χ3v) is 4.16. The SMILES string of the molecule is CCNC(Cc1ccncc1)C1(OCC)CCCC1. The van der Waals surface area contributed by atoms with Crippen LogP contribution in [0.1, 0.15) is 45.1 Å². The summed E-state index contributed by atoms with van der Waals surface area (Å²) in [5.74, 6) is 0. The number of likely N-dealkylation sites (N-methyl/N-ethyl adjacent to an activating group) is 1. The van der Waals surface area contributed by atoms with Gasteiger partial charge in [0.25, 0.3) is 0 Å². The standard InChI is InChI=1S/C16H26N2O/c1-3-18-15(13-14-7-11-17-12-8-14)16(19-4-2)9-5-6-10-16/h7-8,11-12,15,18H,3-6,9-10,13H2,1-2H3. The average Bonchev–Trinajstić information content (AvgIpc) is 2.90. The van der Waals surface area contributed by atoms with E-state index in [1.807, 2.05) is 12.4 Å². The highest BCUT2D eigenvalue weighted by Gasteiger charge is 2.41. The summed E-state index contributed by atoms with van der Waals surface area (Å²) in [7, 11) is 0. The Hall–Kier alpha value is -0.930. The van der Waals surface area contributed by atoms with Crippen LogP contribution in [0, 0.1) is 0 Å². The summed E-state index contributed by atoms with van der Waals surface area (Å²) in [6, 6.07) is 4.63. The quantitative estimate of drug-likeness (QED) is 0.820. The van der Waals surface area contributed by atoms with Crippen molar-refractivity contribution in [3.05, 3.63) is 30.1 Å². The molecule has 1 aromatic heterocycles. The van der Waals surface area contributed by atoms with Crippen molar-refractivity contribution in [3.63, 3.8) is 0 Å². The third-order valence-electron chi connectivity index (χ3n) is 4.16. The molecule has 0 bridgehead atoms. The highest BCUT2D eigenvalue weighted by atomic mass is 16.5.